The number of benzene rings is 3. The first-order valence-electron chi connectivity index (χ1n) is 9.64. The molecule has 0 spiro atoms. The van der Waals surface area contributed by atoms with Crippen molar-refractivity contribution in [1.29, 1.82) is 0 Å². The Labute approximate surface area is 172 Å². The van der Waals surface area contributed by atoms with Crippen molar-refractivity contribution in [1.82, 2.24) is 0 Å². The molecule has 0 bridgehead atoms. The van der Waals surface area contributed by atoms with Crippen molar-refractivity contribution < 1.29 is 17.3 Å². The van der Waals surface area contributed by atoms with E-state index in [9.17, 15) is 8.42 Å². The summed E-state index contributed by atoms with van der Waals surface area (Å²) in [6.07, 6.45) is 1.46. The van der Waals surface area contributed by atoms with E-state index < -0.39 is 15.7 Å². The summed E-state index contributed by atoms with van der Waals surface area (Å²) < 4.78 is 36.4. The summed E-state index contributed by atoms with van der Waals surface area (Å²) in [5.41, 5.74) is 3.82. The number of ether oxygens (including phenoxy) is 1. The van der Waals surface area contributed by atoms with Gasteiger partial charge < -0.3 is 4.74 Å². The molecule has 0 amide bonds. The van der Waals surface area contributed by atoms with Gasteiger partial charge in [-0.25, -0.2) is 0 Å². The third kappa shape index (κ3) is 4.52. The molecule has 5 heteroatoms. The lowest BCUT2D eigenvalue weighted by atomic mass is 9.97. The van der Waals surface area contributed by atoms with E-state index in [0.717, 1.165) is 23.3 Å². The highest BCUT2D eigenvalue weighted by molar-refractivity contribution is 7.86. The Morgan fingerprint density at radius 1 is 0.966 bits per heavy atom. The lowest BCUT2D eigenvalue weighted by molar-refractivity contribution is 0.0586. The monoisotopic (exact) mass is 408 g/mol. The first-order valence-corrected chi connectivity index (χ1v) is 11.0. The molecule has 1 aliphatic heterocycles. The average Bonchev–Trinajstić information content (AvgIpc) is 3.04. The summed E-state index contributed by atoms with van der Waals surface area (Å²) in [6.45, 7) is 3.76. The smallest absolute Gasteiger partial charge is 0.297 e. The lowest BCUT2D eigenvalue weighted by Gasteiger charge is -2.23. The van der Waals surface area contributed by atoms with Gasteiger partial charge in [-0.05, 0) is 55.2 Å². The summed E-state index contributed by atoms with van der Waals surface area (Å²) in [6, 6.07) is 23.1. The molecule has 150 valence electrons. The molecule has 1 unspecified atom stereocenters. The summed E-state index contributed by atoms with van der Waals surface area (Å²) in [5, 5.41) is 0. The predicted octanol–water partition coefficient (Wildman–Crippen LogP) is 4.68. The van der Waals surface area contributed by atoms with E-state index in [1.54, 1.807) is 24.3 Å². The molecule has 29 heavy (non-hydrogen) atoms. The molecule has 0 N–H and O–H groups in total. The van der Waals surface area contributed by atoms with Crippen LogP contribution >= 0.6 is 0 Å². The molecule has 0 saturated heterocycles. The van der Waals surface area contributed by atoms with E-state index in [0.29, 0.717) is 6.42 Å². The van der Waals surface area contributed by atoms with Crippen molar-refractivity contribution in [2.45, 2.75) is 37.2 Å². The number of aryl methyl sites for hydroxylation is 1. The van der Waals surface area contributed by atoms with E-state index >= 15 is 0 Å². The van der Waals surface area contributed by atoms with Crippen molar-refractivity contribution in [2.75, 3.05) is 6.61 Å². The average molecular weight is 409 g/mol. The number of rotatable bonds is 6. The standard InChI is InChI=1S/C24H24O4S/c1-18-8-11-22(12-9-18)29(25,26)27-17-24(2)16-21-15-20(10-13-23(21)28-24)14-19-6-4-3-5-7-19/h3-13,15H,14,16-17H2,1-2H3. The normalized spacial score (nSPS) is 18.3. The third-order valence-electron chi connectivity index (χ3n) is 5.13. The van der Waals surface area contributed by atoms with Gasteiger partial charge in [0, 0.05) is 6.42 Å². The zero-order valence-corrected chi connectivity index (χ0v) is 17.4. The number of fused-ring (bicyclic) bond motifs is 1. The van der Waals surface area contributed by atoms with Crippen molar-refractivity contribution in [2.24, 2.45) is 0 Å². The zero-order chi connectivity index (χ0) is 20.5. The molecular weight excluding hydrogens is 384 g/mol. The molecule has 1 atom stereocenters. The molecule has 0 fully saturated rings. The lowest BCUT2D eigenvalue weighted by Crippen LogP contribution is -2.37. The molecule has 0 aliphatic carbocycles. The van der Waals surface area contributed by atoms with Crippen LogP contribution in [0.2, 0.25) is 0 Å². The van der Waals surface area contributed by atoms with Gasteiger partial charge in [-0.15, -0.1) is 0 Å². The fourth-order valence-electron chi connectivity index (χ4n) is 3.57. The summed E-state index contributed by atoms with van der Waals surface area (Å²) >= 11 is 0. The Balaban J connectivity index is 1.44. The Morgan fingerprint density at radius 2 is 1.69 bits per heavy atom. The van der Waals surface area contributed by atoms with Crippen molar-refractivity contribution in [3.8, 4) is 5.75 Å². The van der Waals surface area contributed by atoms with Crippen LogP contribution in [0.5, 0.6) is 5.75 Å². The molecule has 1 heterocycles. The fourth-order valence-corrected chi connectivity index (χ4v) is 4.58. The maximum atomic E-state index is 12.5. The maximum absolute atomic E-state index is 12.5. The van der Waals surface area contributed by atoms with Crippen LogP contribution in [0.15, 0.2) is 77.7 Å². The molecular formula is C24H24O4S. The van der Waals surface area contributed by atoms with Crippen LogP contribution in [0.1, 0.15) is 29.2 Å². The van der Waals surface area contributed by atoms with Crippen molar-refractivity contribution in [3.63, 3.8) is 0 Å². The fraction of sp³-hybridized carbons (Fsp3) is 0.250. The van der Waals surface area contributed by atoms with Gasteiger partial charge in [0.1, 0.15) is 18.0 Å². The van der Waals surface area contributed by atoms with Gasteiger partial charge in [0.2, 0.25) is 0 Å². The van der Waals surface area contributed by atoms with Gasteiger partial charge >= 0.3 is 0 Å². The van der Waals surface area contributed by atoms with Crippen molar-refractivity contribution >= 4 is 10.1 Å². The Morgan fingerprint density at radius 3 is 2.41 bits per heavy atom. The molecule has 3 aromatic carbocycles. The predicted molar refractivity (Wildman–Crippen MR) is 113 cm³/mol. The Kier molecular flexibility index (Phi) is 5.19. The van der Waals surface area contributed by atoms with Crippen LogP contribution in [-0.4, -0.2) is 20.6 Å². The van der Waals surface area contributed by atoms with Gasteiger partial charge in [0.25, 0.3) is 10.1 Å². The van der Waals surface area contributed by atoms with Gasteiger partial charge in [0.15, 0.2) is 0 Å². The number of hydrogen-bond donors (Lipinski definition) is 0. The van der Waals surface area contributed by atoms with Gasteiger partial charge in [-0.2, -0.15) is 8.42 Å². The highest BCUT2D eigenvalue weighted by Gasteiger charge is 2.37. The van der Waals surface area contributed by atoms with Crippen LogP contribution in [0.4, 0.5) is 0 Å². The quantitative estimate of drug-likeness (QED) is 0.556. The Bertz CT molecular complexity index is 1110. The van der Waals surface area contributed by atoms with Crippen LogP contribution < -0.4 is 4.74 Å². The molecule has 4 rings (SSSR count). The van der Waals surface area contributed by atoms with Gasteiger partial charge in [-0.1, -0.05) is 60.2 Å². The van der Waals surface area contributed by atoms with E-state index in [-0.39, 0.29) is 11.5 Å². The van der Waals surface area contributed by atoms with E-state index in [2.05, 4.69) is 24.3 Å². The zero-order valence-electron chi connectivity index (χ0n) is 16.6. The van der Waals surface area contributed by atoms with Gasteiger partial charge in [0.05, 0.1) is 4.90 Å². The van der Waals surface area contributed by atoms with E-state index in [4.69, 9.17) is 8.92 Å². The minimum absolute atomic E-state index is 0.0358. The van der Waals surface area contributed by atoms with Gasteiger partial charge in [-0.3, -0.25) is 4.18 Å². The molecule has 1 aliphatic rings. The van der Waals surface area contributed by atoms with E-state index in [1.165, 1.54) is 11.1 Å². The summed E-state index contributed by atoms with van der Waals surface area (Å²) in [5.74, 6) is 0.792. The topological polar surface area (TPSA) is 52.6 Å². The minimum Gasteiger partial charge on any atom is -0.484 e. The molecule has 4 nitrogen and oxygen atoms in total. The van der Waals surface area contributed by atoms with Crippen LogP contribution in [-0.2, 0) is 27.1 Å². The second-order valence-corrected chi connectivity index (χ2v) is 9.48. The van der Waals surface area contributed by atoms with Crippen LogP contribution in [0.25, 0.3) is 0 Å². The Hall–Kier alpha value is -2.63. The molecule has 0 saturated carbocycles. The third-order valence-corrected chi connectivity index (χ3v) is 6.40. The number of hydrogen-bond acceptors (Lipinski definition) is 4. The molecule has 3 aromatic rings. The maximum Gasteiger partial charge on any atom is 0.297 e. The molecule has 0 radical (unpaired) electrons. The SMILES string of the molecule is Cc1ccc(S(=O)(=O)OCC2(C)Cc3cc(Cc4ccccc4)ccc3O2)cc1. The van der Waals surface area contributed by atoms with Crippen LogP contribution in [0.3, 0.4) is 0 Å². The van der Waals surface area contributed by atoms with Crippen molar-refractivity contribution in [3.05, 3.63) is 95.1 Å². The minimum atomic E-state index is -3.82. The van der Waals surface area contributed by atoms with Crippen LogP contribution in [0, 0.1) is 6.92 Å². The summed E-state index contributed by atoms with van der Waals surface area (Å²) in [4.78, 5) is 0.160. The largest absolute Gasteiger partial charge is 0.484 e. The highest BCUT2D eigenvalue weighted by atomic mass is 32.2. The second-order valence-electron chi connectivity index (χ2n) is 7.86. The molecule has 0 aromatic heterocycles. The highest BCUT2D eigenvalue weighted by Crippen LogP contribution is 2.36. The first kappa shape index (κ1) is 19.7. The summed E-state index contributed by atoms with van der Waals surface area (Å²) in [7, 11) is -3.82. The first-order chi connectivity index (χ1) is 13.8. The second kappa shape index (κ2) is 7.65. The van der Waals surface area contributed by atoms with E-state index in [1.807, 2.05) is 38.1 Å².